The minimum atomic E-state index is -0.790. The summed E-state index contributed by atoms with van der Waals surface area (Å²) in [6.45, 7) is 6.22. The van der Waals surface area contributed by atoms with Crippen LogP contribution >= 0.6 is 11.6 Å². The molecular weight excluding hydrogens is 422 g/mol. The van der Waals surface area contributed by atoms with E-state index in [0.29, 0.717) is 13.2 Å². The van der Waals surface area contributed by atoms with Gasteiger partial charge >= 0.3 is 0 Å². The van der Waals surface area contributed by atoms with E-state index in [0.717, 1.165) is 17.4 Å². The van der Waals surface area contributed by atoms with E-state index in [1.54, 1.807) is 7.05 Å². The predicted octanol–water partition coefficient (Wildman–Crippen LogP) is 3.85. The number of likely N-dealkylation sites (N-methyl/N-ethyl adjacent to an activating group) is 1. The SMILES string of the molecule is Cc1ccccc1OCCN(C)C(=O)[C@@H](NC(=O)c1ccc([N+](=O)[O-])cc1Cl)C(C)C. The fourth-order valence-electron chi connectivity index (χ4n) is 2.89. The molecule has 0 aromatic heterocycles. The molecule has 0 radical (unpaired) electrons. The first-order chi connectivity index (χ1) is 14.6. The Balaban J connectivity index is 2.02. The Hall–Kier alpha value is -3.13. The lowest BCUT2D eigenvalue weighted by molar-refractivity contribution is -0.384. The van der Waals surface area contributed by atoms with Crippen LogP contribution in [0.4, 0.5) is 5.69 Å². The Morgan fingerprint density at radius 3 is 2.48 bits per heavy atom. The number of ether oxygens (including phenoxy) is 1. The molecule has 8 nitrogen and oxygen atoms in total. The lowest BCUT2D eigenvalue weighted by Gasteiger charge is -2.27. The van der Waals surface area contributed by atoms with Gasteiger partial charge in [0.05, 0.1) is 22.1 Å². The molecule has 0 aliphatic heterocycles. The normalized spacial score (nSPS) is 11.7. The van der Waals surface area contributed by atoms with Crippen LogP contribution in [0.25, 0.3) is 0 Å². The Labute approximate surface area is 186 Å². The molecule has 2 rings (SSSR count). The standard InChI is InChI=1S/C22H26ClN3O5/c1-14(2)20(24-21(27)17-10-9-16(26(29)30)13-18(17)23)22(28)25(4)11-12-31-19-8-6-5-7-15(19)3/h5-10,13-14,20H,11-12H2,1-4H3,(H,24,27)/t20-/m0/s1. The quantitative estimate of drug-likeness (QED) is 0.464. The number of para-hydroxylation sites is 1. The Bertz CT molecular complexity index is 964. The zero-order chi connectivity index (χ0) is 23.1. The van der Waals surface area contributed by atoms with Crippen molar-refractivity contribution >= 4 is 29.1 Å². The van der Waals surface area contributed by atoms with Crippen molar-refractivity contribution in [1.82, 2.24) is 10.2 Å². The molecule has 0 spiro atoms. The van der Waals surface area contributed by atoms with Gasteiger partial charge < -0.3 is 15.0 Å². The van der Waals surface area contributed by atoms with Gasteiger partial charge in [0.25, 0.3) is 11.6 Å². The van der Waals surface area contributed by atoms with Crippen LogP contribution in [-0.4, -0.2) is 47.9 Å². The van der Waals surface area contributed by atoms with E-state index in [4.69, 9.17) is 16.3 Å². The number of halogens is 1. The van der Waals surface area contributed by atoms with E-state index >= 15 is 0 Å². The first-order valence-electron chi connectivity index (χ1n) is 9.80. The molecule has 0 aliphatic carbocycles. The van der Waals surface area contributed by atoms with E-state index in [9.17, 15) is 19.7 Å². The van der Waals surface area contributed by atoms with E-state index in [1.165, 1.54) is 17.0 Å². The fourth-order valence-corrected chi connectivity index (χ4v) is 3.15. The van der Waals surface area contributed by atoms with Gasteiger partial charge in [0.15, 0.2) is 0 Å². The van der Waals surface area contributed by atoms with Crippen LogP contribution in [0.15, 0.2) is 42.5 Å². The number of aryl methyl sites for hydroxylation is 1. The van der Waals surface area contributed by atoms with Crippen LogP contribution in [0.3, 0.4) is 0 Å². The first-order valence-corrected chi connectivity index (χ1v) is 10.2. The topological polar surface area (TPSA) is 102 Å². The molecular formula is C22H26ClN3O5. The summed E-state index contributed by atoms with van der Waals surface area (Å²) >= 11 is 6.04. The number of rotatable bonds is 9. The maximum absolute atomic E-state index is 12.9. The molecule has 1 N–H and O–H groups in total. The number of nitrogens with one attached hydrogen (secondary N) is 1. The van der Waals surface area contributed by atoms with Crippen LogP contribution in [0.1, 0.15) is 29.8 Å². The van der Waals surface area contributed by atoms with Crippen molar-refractivity contribution in [1.29, 1.82) is 0 Å². The van der Waals surface area contributed by atoms with Crippen molar-refractivity contribution in [3.63, 3.8) is 0 Å². The van der Waals surface area contributed by atoms with Gasteiger partial charge in [-0.25, -0.2) is 0 Å². The summed E-state index contributed by atoms with van der Waals surface area (Å²) in [5.74, 6) is -0.274. The average molecular weight is 448 g/mol. The molecule has 0 unspecified atom stereocenters. The summed E-state index contributed by atoms with van der Waals surface area (Å²) < 4.78 is 5.74. The third-order valence-corrected chi connectivity index (χ3v) is 5.09. The van der Waals surface area contributed by atoms with Gasteiger partial charge in [0, 0.05) is 19.2 Å². The lowest BCUT2D eigenvalue weighted by Crippen LogP contribution is -2.50. The predicted molar refractivity (Wildman–Crippen MR) is 119 cm³/mol. The van der Waals surface area contributed by atoms with Gasteiger partial charge in [-0.3, -0.25) is 19.7 Å². The summed E-state index contributed by atoms with van der Waals surface area (Å²) in [5, 5.41) is 13.5. The second-order valence-corrected chi connectivity index (χ2v) is 7.90. The smallest absolute Gasteiger partial charge is 0.270 e. The first kappa shape index (κ1) is 24.1. The van der Waals surface area contributed by atoms with Crippen LogP contribution < -0.4 is 10.1 Å². The molecule has 2 amide bonds. The van der Waals surface area contributed by atoms with Crippen LogP contribution in [-0.2, 0) is 4.79 Å². The van der Waals surface area contributed by atoms with Gasteiger partial charge in [-0.15, -0.1) is 0 Å². The van der Waals surface area contributed by atoms with Crippen molar-refractivity contribution in [3.8, 4) is 5.75 Å². The number of non-ortho nitro benzene ring substituents is 1. The van der Waals surface area contributed by atoms with Gasteiger partial charge in [0.2, 0.25) is 5.91 Å². The summed E-state index contributed by atoms with van der Waals surface area (Å²) in [4.78, 5) is 37.3. The average Bonchev–Trinajstić information content (AvgIpc) is 2.72. The number of nitro groups is 1. The monoisotopic (exact) mass is 447 g/mol. The van der Waals surface area contributed by atoms with Gasteiger partial charge in [-0.1, -0.05) is 43.6 Å². The molecule has 31 heavy (non-hydrogen) atoms. The fraction of sp³-hybridized carbons (Fsp3) is 0.364. The van der Waals surface area contributed by atoms with Gasteiger partial charge in [-0.2, -0.15) is 0 Å². The van der Waals surface area contributed by atoms with Crippen molar-refractivity contribution in [2.24, 2.45) is 5.92 Å². The number of amides is 2. The molecule has 0 bridgehead atoms. The Morgan fingerprint density at radius 1 is 1.23 bits per heavy atom. The minimum absolute atomic E-state index is 0.0540. The molecule has 2 aromatic rings. The largest absolute Gasteiger partial charge is 0.491 e. The van der Waals surface area contributed by atoms with Crippen LogP contribution in [0.5, 0.6) is 5.75 Å². The maximum Gasteiger partial charge on any atom is 0.270 e. The Morgan fingerprint density at radius 2 is 1.90 bits per heavy atom. The van der Waals surface area contributed by atoms with E-state index in [1.807, 2.05) is 45.0 Å². The number of carbonyl (C=O) groups is 2. The second kappa shape index (κ2) is 10.8. The van der Waals surface area contributed by atoms with Crippen molar-refractivity contribution in [2.75, 3.05) is 20.2 Å². The summed E-state index contributed by atoms with van der Waals surface area (Å²) in [7, 11) is 1.64. The number of nitrogens with zero attached hydrogens (tertiary/aromatic N) is 2. The Kier molecular flexibility index (Phi) is 8.38. The molecule has 0 fully saturated rings. The van der Waals surface area contributed by atoms with E-state index in [2.05, 4.69) is 5.32 Å². The molecule has 2 aromatic carbocycles. The van der Waals surface area contributed by atoms with Crippen molar-refractivity contribution in [3.05, 3.63) is 68.7 Å². The zero-order valence-electron chi connectivity index (χ0n) is 17.9. The van der Waals surface area contributed by atoms with Crippen LogP contribution in [0.2, 0.25) is 5.02 Å². The third kappa shape index (κ3) is 6.42. The summed E-state index contributed by atoms with van der Waals surface area (Å²) in [5.41, 5.74) is 0.853. The zero-order valence-corrected chi connectivity index (χ0v) is 18.7. The number of carbonyl (C=O) groups excluding carboxylic acids is 2. The van der Waals surface area contributed by atoms with Crippen LogP contribution in [0, 0.1) is 23.0 Å². The molecule has 1 atom stereocenters. The molecule has 0 aliphatic rings. The third-order valence-electron chi connectivity index (χ3n) is 4.78. The highest BCUT2D eigenvalue weighted by molar-refractivity contribution is 6.34. The van der Waals surface area contributed by atoms with Crippen molar-refractivity contribution < 1.29 is 19.2 Å². The molecule has 166 valence electrons. The van der Waals surface area contributed by atoms with E-state index in [-0.39, 0.29) is 28.1 Å². The highest BCUT2D eigenvalue weighted by atomic mass is 35.5. The maximum atomic E-state index is 12.9. The van der Waals surface area contributed by atoms with Gasteiger partial charge in [0.1, 0.15) is 18.4 Å². The molecule has 0 heterocycles. The summed E-state index contributed by atoms with van der Waals surface area (Å²) in [6, 6.07) is 10.4. The van der Waals surface area contributed by atoms with Crippen molar-refractivity contribution in [2.45, 2.75) is 26.8 Å². The van der Waals surface area contributed by atoms with E-state index < -0.39 is 16.9 Å². The minimum Gasteiger partial charge on any atom is -0.491 e. The molecule has 9 heteroatoms. The number of nitro benzene ring substituents is 1. The summed E-state index contributed by atoms with van der Waals surface area (Å²) in [6.07, 6.45) is 0. The highest BCUT2D eigenvalue weighted by Crippen LogP contribution is 2.23. The van der Waals surface area contributed by atoms with Gasteiger partial charge in [-0.05, 0) is 30.5 Å². The highest BCUT2D eigenvalue weighted by Gasteiger charge is 2.28. The molecule has 0 saturated heterocycles. The number of hydrogen-bond acceptors (Lipinski definition) is 5. The number of hydrogen-bond donors (Lipinski definition) is 1. The second-order valence-electron chi connectivity index (χ2n) is 7.49. The molecule has 0 saturated carbocycles. The number of benzene rings is 2. The lowest BCUT2D eigenvalue weighted by atomic mass is 10.0.